The van der Waals surface area contributed by atoms with E-state index in [1.807, 2.05) is 0 Å². The van der Waals surface area contributed by atoms with E-state index in [0.717, 1.165) is 4.47 Å². The highest BCUT2D eigenvalue weighted by molar-refractivity contribution is 9.10. The first-order valence-electron chi connectivity index (χ1n) is 5.60. The minimum absolute atomic E-state index is 0.0175. The Bertz CT molecular complexity index is 429. The second-order valence-corrected chi connectivity index (χ2v) is 5.11. The first kappa shape index (κ1) is 12.4. The summed E-state index contributed by atoms with van der Waals surface area (Å²) in [4.78, 5) is 13.9. The molecule has 0 radical (unpaired) electrons. The molecule has 2 rings (SSSR count). The van der Waals surface area contributed by atoms with Gasteiger partial charge in [0.1, 0.15) is 0 Å². The van der Waals surface area contributed by atoms with Gasteiger partial charge < -0.3 is 15.7 Å². The zero-order valence-corrected chi connectivity index (χ0v) is 11.0. The number of likely N-dealkylation sites (tertiary alicyclic amines) is 1. The lowest BCUT2D eigenvalue weighted by atomic mass is 10.1. The molecule has 0 saturated carbocycles. The van der Waals surface area contributed by atoms with Gasteiger partial charge in [0.2, 0.25) is 0 Å². The Balaban J connectivity index is 2.11. The van der Waals surface area contributed by atoms with Crippen molar-refractivity contribution < 1.29 is 9.90 Å². The SMILES string of the molecule is Nc1cc(C(=O)N2CCC(O)CC2)ccc1Br. The molecule has 5 heteroatoms. The number of halogens is 1. The Kier molecular flexibility index (Phi) is 3.69. The molecule has 0 spiro atoms. The van der Waals surface area contributed by atoms with Crippen LogP contribution in [0.1, 0.15) is 23.2 Å². The van der Waals surface area contributed by atoms with Crippen LogP contribution >= 0.6 is 15.9 Å². The van der Waals surface area contributed by atoms with Crippen LogP contribution in [0.4, 0.5) is 5.69 Å². The van der Waals surface area contributed by atoms with Gasteiger partial charge in [-0.05, 0) is 47.0 Å². The number of amides is 1. The van der Waals surface area contributed by atoms with Crippen LogP contribution in [0.2, 0.25) is 0 Å². The lowest BCUT2D eigenvalue weighted by Gasteiger charge is -2.29. The summed E-state index contributed by atoms with van der Waals surface area (Å²) in [6.45, 7) is 1.21. The van der Waals surface area contributed by atoms with Gasteiger partial charge in [-0.2, -0.15) is 0 Å². The normalized spacial score (nSPS) is 17.2. The summed E-state index contributed by atoms with van der Waals surface area (Å²) in [7, 11) is 0. The largest absolute Gasteiger partial charge is 0.398 e. The number of hydrogen-bond donors (Lipinski definition) is 2. The summed E-state index contributed by atoms with van der Waals surface area (Å²) < 4.78 is 0.795. The lowest BCUT2D eigenvalue weighted by molar-refractivity contribution is 0.0546. The van der Waals surface area contributed by atoms with Crippen molar-refractivity contribution >= 4 is 27.5 Å². The third-order valence-corrected chi connectivity index (χ3v) is 3.72. The highest BCUT2D eigenvalue weighted by Crippen LogP contribution is 2.22. The maximum absolute atomic E-state index is 12.1. The highest BCUT2D eigenvalue weighted by Gasteiger charge is 2.22. The summed E-state index contributed by atoms with van der Waals surface area (Å²) in [6.07, 6.45) is 1.03. The van der Waals surface area contributed by atoms with E-state index < -0.39 is 0 Å². The Morgan fingerprint density at radius 3 is 2.65 bits per heavy atom. The van der Waals surface area contributed by atoms with Gasteiger partial charge in [0.05, 0.1) is 6.10 Å². The molecule has 0 aromatic heterocycles. The van der Waals surface area contributed by atoms with Crippen molar-refractivity contribution in [3.05, 3.63) is 28.2 Å². The van der Waals surface area contributed by atoms with Crippen LogP contribution in [0.3, 0.4) is 0 Å². The molecule has 1 aliphatic heterocycles. The number of aliphatic hydroxyl groups excluding tert-OH is 1. The summed E-state index contributed by atoms with van der Waals surface area (Å²) in [6, 6.07) is 5.21. The number of benzene rings is 1. The second-order valence-electron chi connectivity index (χ2n) is 4.26. The molecule has 1 saturated heterocycles. The molecule has 1 amide bonds. The van der Waals surface area contributed by atoms with Gasteiger partial charge in [0, 0.05) is 28.8 Å². The molecule has 1 heterocycles. The number of carbonyl (C=O) groups excluding carboxylic acids is 1. The summed E-state index contributed by atoms with van der Waals surface area (Å²) in [5.74, 6) is -0.0175. The molecule has 1 fully saturated rings. The average molecular weight is 299 g/mol. The minimum atomic E-state index is -0.269. The fraction of sp³-hybridized carbons (Fsp3) is 0.417. The van der Waals surface area contributed by atoms with Gasteiger partial charge in [-0.25, -0.2) is 0 Å². The Labute approximate surface area is 109 Å². The Morgan fingerprint density at radius 2 is 2.06 bits per heavy atom. The van der Waals surface area contributed by atoms with Crippen LogP contribution in [-0.2, 0) is 0 Å². The van der Waals surface area contributed by atoms with E-state index >= 15 is 0 Å². The van der Waals surface area contributed by atoms with Crippen LogP contribution in [0.25, 0.3) is 0 Å². The topological polar surface area (TPSA) is 66.6 Å². The third kappa shape index (κ3) is 2.79. The quantitative estimate of drug-likeness (QED) is 0.775. The van der Waals surface area contributed by atoms with Gasteiger partial charge in [0.15, 0.2) is 0 Å². The number of rotatable bonds is 1. The van der Waals surface area contributed by atoms with Crippen LogP contribution < -0.4 is 5.73 Å². The second kappa shape index (κ2) is 5.06. The van der Waals surface area contributed by atoms with E-state index in [2.05, 4.69) is 15.9 Å². The average Bonchev–Trinajstić information content (AvgIpc) is 2.33. The van der Waals surface area contributed by atoms with Crippen molar-refractivity contribution in [1.29, 1.82) is 0 Å². The Morgan fingerprint density at radius 1 is 1.41 bits per heavy atom. The van der Waals surface area contributed by atoms with Gasteiger partial charge in [0.25, 0.3) is 5.91 Å². The molecule has 1 aromatic rings. The number of carbonyl (C=O) groups is 1. The Hall–Kier alpha value is -1.07. The number of nitrogen functional groups attached to an aromatic ring is 1. The number of hydrogen-bond acceptors (Lipinski definition) is 3. The van der Waals surface area contributed by atoms with Crippen LogP contribution in [0.15, 0.2) is 22.7 Å². The van der Waals surface area contributed by atoms with E-state index in [0.29, 0.717) is 37.2 Å². The van der Waals surface area contributed by atoms with Gasteiger partial charge in [-0.3, -0.25) is 4.79 Å². The lowest BCUT2D eigenvalue weighted by Crippen LogP contribution is -2.40. The molecule has 0 atom stereocenters. The van der Waals surface area contributed by atoms with E-state index in [1.54, 1.807) is 23.1 Å². The van der Waals surface area contributed by atoms with Crippen molar-refractivity contribution in [1.82, 2.24) is 4.90 Å². The minimum Gasteiger partial charge on any atom is -0.398 e. The van der Waals surface area contributed by atoms with Crippen molar-refractivity contribution in [2.75, 3.05) is 18.8 Å². The molecule has 0 bridgehead atoms. The van der Waals surface area contributed by atoms with Gasteiger partial charge in [-0.1, -0.05) is 0 Å². The predicted octanol–water partition coefficient (Wildman–Crippen LogP) is 1.63. The zero-order chi connectivity index (χ0) is 12.4. The molecule has 92 valence electrons. The van der Waals surface area contributed by atoms with E-state index in [-0.39, 0.29) is 12.0 Å². The van der Waals surface area contributed by atoms with Crippen molar-refractivity contribution in [3.8, 4) is 0 Å². The summed E-state index contributed by atoms with van der Waals surface area (Å²) in [5.41, 5.74) is 6.91. The van der Waals surface area contributed by atoms with Crippen LogP contribution in [-0.4, -0.2) is 35.1 Å². The number of anilines is 1. The number of aliphatic hydroxyl groups is 1. The maximum Gasteiger partial charge on any atom is 0.253 e. The first-order chi connectivity index (χ1) is 8.08. The monoisotopic (exact) mass is 298 g/mol. The summed E-state index contributed by atoms with van der Waals surface area (Å²) in [5, 5.41) is 9.40. The van der Waals surface area contributed by atoms with Crippen molar-refractivity contribution in [3.63, 3.8) is 0 Å². The van der Waals surface area contributed by atoms with Crippen LogP contribution in [0.5, 0.6) is 0 Å². The number of piperidine rings is 1. The predicted molar refractivity (Wildman–Crippen MR) is 69.7 cm³/mol. The zero-order valence-electron chi connectivity index (χ0n) is 9.40. The molecule has 17 heavy (non-hydrogen) atoms. The van der Waals surface area contributed by atoms with E-state index in [9.17, 15) is 9.90 Å². The molecule has 4 nitrogen and oxygen atoms in total. The molecule has 1 aromatic carbocycles. The molecule has 3 N–H and O–H groups in total. The van der Waals surface area contributed by atoms with E-state index in [1.165, 1.54) is 0 Å². The maximum atomic E-state index is 12.1. The van der Waals surface area contributed by atoms with Gasteiger partial charge >= 0.3 is 0 Å². The molecule has 0 unspecified atom stereocenters. The smallest absolute Gasteiger partial charge is 0.253 e. The first-order valence-corrected chi connectivity index (χ1v) is 6.39. The molecular formula is C12H15BrN2O2. The standard InChI is InChI=1S/C12H15BrN2O2/c13-10-2-1-8(7-11(10)14)12(17)15-5-3-9(16)4-6-15/h1-2,7,9,16H,3-6,14H2. The number of nitrogens with zero attached hydrogens (tertiary/aromatic N) is 1. The van der Waals surface area contributed by atoms with Crippen molar-refractivity contribution in [2.45, 2.75) is 18.9 Å². The fourth-order valence-electron chi connectivity index (χ4n) is 1.93. The van der Waals surface area contributed by atoms with E-state index in [4.69, 9.17) is 5.73 Å². The summed E-state index contributed by atoms with van der Waals surface area (Å²) >= 11 is 3.30. The van der Waals surface area contributed by atoms with Gasteiger partial charge in [-0.15, -0.1) is 0 Å². The molecule has 1 aliphatic rings. The molecular weight excluding hydrogens is 284 g/mol. The fourth-order valence-corrected chi connectivity index (χ4v) is 2.17. The number of nitrogens with two attached hydrogens (primary N) is 1. The third-order valence-electron chi connectivity index (χ3n) is 2.99. The van der Waals surface area contributed by atoms with Crippen LogP contribution in [0, 0.1) is 0 Å². The molecule has 0 aliphatic carbocycles. The highest BCUT2D eigenvalue weighted by atomic mass is 79.9. The van der Waals surface area contributed by atoms with Crippen molar-refractivity contribution in [2.24, 2.45) is 0 Å².